The molecule has 1 N–H and O–H groups in total. The van der Waals surface area contributed by atoms with Gasteiger partial charge in [-0.05, 0) is 59.5 Å². The van der Waals surface area contributed by atoms with Crippen LogP contribution in [0.1, 0.15) is 18.4 Å². The Kier molecular flexibility index (Phi) is 5.58. The molecule has 0 spiro atoms. The molecule has 0 bridgehead atoms. The molecule has 1 saturated heterocycles. The van der Waals surface area contributed by atoms with Crippen LogP contribution in [0, 0.1) is 5.92 Å². The number of nitrogens with one attached hydrogen (secondary N) is 1. The minimum absolute atomic E-state index is 0.0153. The van der Waals surface area contributed by atoms with E-state index in [1.807, 2.05) is 58.1 Å². The summed E-state index contributed by atoms with van der Waals surface area (Å²) in [4.78, 5) is 26.9. The SMILES string of the molecule is O=C(Nc1cccc(-c2ccco2)c1)C1CCN(C(=O)Cc2ccsc2)CC1. The van der Waals surface area contributed by atoms with Crippen LogP contribution in [0.25, 0.3) is 11.3 Å². The van der Waals surface area contributed by atoms with E-state index in [2.05, 4.69) is 5.32 Å². The molecule has 28 heavy (non-hydrogen) atoms. The topological polar surface area (TPSA) is 62.6 Å². The third-order valence-electron chi connectivity index (χ3n) is 5.09. The van der Waals surface area contributed by atoms with Crippen molar-refractivity contribution in [1.82, 2.24) is 4.90 Å². The van der Waals surface area contributed by atoms with Gasteiger partial charge in [-0.2, -0.15) is 11.3 Å². The summed E-state index contributed by atoms with van der Waals surface area (Å²) in [5.74, 6) is 0.857. The summed E-state index contributed by atoms with van der Waals surface area (Å²) in [6.45, 7) is 1.26. The van der Waals surface area contributed by atoms with Gasteiger partial charge < -0.3 is 14.6 Å². The van der Waals surface area contributed by atoms with E-state index in [1.165, 1.54) is 0 Å². The monoisotopic (exact) mass is 394 g/mol. The maximum absolute atomic E-state index is 12.7. The normalized spacial score (nSPS) is 14.8. The number of hydrogen-bond donors (Lipinski definition) is 1. The van der Waals surface area contributed by atoms with Gasteiger partial charge in [0.2, 0.25) is 11.8 Å². The number of amides is 2. The second-order valence-electron chi connectivity index (χ2n) is 7.01. The number of furan rings is 1. The van der Waals surface area contributed by atoms with Crippen LogP contribution in [-0.2, 0) is 16.0 Å². The molecule has 3 heterocycles. The fourth-order valence-corrected chi connectivity index (χ4v) is 4.18. The van der Waals surface area contributed by atoms with Crippen LogP contribution >= 0.6 is 11.3 Å². The molecule has 3 aromatic rings. The van der Waals surface area contributed by atoms with Crippen LogP contribution in [0.3, 0.4) is 0 Å². The summed E-state index contributed by atoms with van der Waals surface area (Å²) >= 11 is 1.60. The van der Waals surface area contributed by atoms with Gasteiger partial charge in [-0.15, -0.1) is 0 Å². The smallest absolute Gasteiger partial charge is 0.227 e. The molecule has 1 fully saturated rings. The first-order valence-electron chi connectivity index (χ1n) is 9.43. The van der Waals surface area contributed by atoms with Crippen molar-refractivity contribution < 1.29 is 14.0 Å². The number of nitrogens with zero attached hydrogens (tertiary/aromatic N) is 1. The van der Waals surface area contributed by atoms with Gasteiger partial charge in [-0.3, -0.25) is 9.59 Å². The van der Waals surface area contributed by atoms with Crippen molar-refractivity contribution in [3.63, 3.8) is 0 Å². The number of benzene rings is 1. The van der Waals surface area contributed by atoms with Crippen molar-refractivity contribution in [1.29, 1.82) is 0 Å². The molecule has 6 heteroatoms. The minimum atomic E-state index is -0.0718. The molecule has 1 aliphatic heterocycles. The standard InChI is InChI=1S/C22H22N2O3S/c25-21(13-16-8-12-28-15-16)24-9-6-17(7-10-24)22(26)23-19-4-1-3-18(14-19)20-5-2-11-27-20/h1-5,8,11-12,14-15,17H,6-7,9-10,13H2,(H,23,26). The Morgan fingerprint density at radius 3 is 2.71 bits per heavy atom. The Hall–Kier alpha value is -2.86. The molecule has 5 nitrogen and oxygen atoms in total. The quantitative estimate of drug-likeness (QED) is 0.696. The van der Waals surface area contributed by atoms with Gasteiger partial charge >= 0.3 is 0 Å². The van der Waals surface area contributed by atoms with Crippen LogP contribution in [0.5, 0.6) is 0 Å². The molecule has 0 radical (unpaired) electrons. The summed E-state index contributed by atoms with van der Waals surface area (Å²) in [7, 11) is 0. The molecular weight excluding hydrogens is 372 g/mol. The first kappa shape index (κ1) is 18.5. The predicted octanol–water partition coefficient (Wildman–Crippen LogP) is 4.43. The Morgan fingerprint density at radius 1 is 1.14 bits per heavy atom. The highest BCUT2D eigenvalue weighted by Crippen LogP contribution is 2.25. The second kappa shape index (κ2) is 8.44. The molecule has 1 aliphatic rings. The van der Waals surface area contributed by atoms with E-state index < -0.39 is 0 Å². The zero-order valence-corrected chi connectivity index (χ0v) is 16.3. The van der Waals surface area contributed by atoms with Crippen LogP contribution in [0.15, 0.2) is 63.9 Å². The molecule has 0 unspecified atom stereocenters. The molecule has 0 atom stereocenters. The van der Waals surface area contributed by atoms with E-state index in [-0.39, 0.29) is 17.7 Å². The van der Waals surface area contributed by atoms with E-state index in [0.717, 1.165) is 22.6 Å². The molecule has 2 aromatic heterocycles. The molecule has 2 amide bonds. The number of rotatable bonds is 5. The Labute approximate surface area is 168 Å². The zero-order chi connectivity index (χ0) is 19.3. The fraction of sp³-hybridized carbons (Fsp3) is 0.273. The van der Waals surface area contributed by atoms with Crippen LogP contribution < -0.4 is 5.32 Å². The molecule has 4 rings (SSSR count). The van der Waals surface area contributed by atoms with Crippen LogP contribution in [0.4, 0.5) is 5.69 Å². The summed E-state index contributed by atoms with van der Waals surface area (Å²) in [5.41, 5.74) is 2.75. The maximum atomic E-state index is 12.7. The number of piperidine rings is 1. The van der Waals surface area contributed by atoms with Crippen molar-refractivity contribution in [2.75, 3.05) is 18.4 Å². The number of hydrogen-bond acceptors (Lipinski definition) is 4. The van der Waals surface area contributed by atoms with Gasteiger partial charge in [0.15, 0.2) is 0 Å². The lowest BCUT2D eigenvalue weighted by Crippen LogP contribution is -2.42. The van der Waals surface area contributed by atoms with Crippen LogP contribution in [0.2, 0.25) is 0 Å². The zero-order valence-electron chi connectivity index (χ0n) is 15.5. The van der Waals surface area contributed by atoms with Crippen molar-refractivity contribution in [2.45, 2.75) is 19.3 Å². The van der Waals surface area contributed by atoms with Crippen LogP contribution in [-0.4, -0.2) is 29.8 Å². The highest BCUT2D eigenvalue weighted by Gasteiger charge is 2.27. The highest BCUT2D eigenvalue weighted by molar-refractivity contribution is 7.08. The lowest BCUT2D eigenvalue weighted by Gasteiger charge is -2.31. The van der Waals surface area contributed by atoms with Crippen molar-refractivity contribution >= 4 is 28.8 Å². The number of anilines is 1. The first-order chi connectivity index (χ1) is 13.7. The van der Waals surface area contributed by atoms with Gasteiger partial charge in [-0.25, -0.2) is 0 Å². The predicted molar refractivity (Wildman–Crippen MR) is 110 cm³/mol. The van der Waals surface area contributed by atoms with Gasteiger partial charge in [0.05, 0.1) is 12.7 Å². The second-order valence-corrected chi connectivity index (χ2v) is 7.79. The lowest BCUT2D eigenvalue weighted by molar-refractivity contribution is -0.133. The van der Waals surface area contributed by atoms with E-state index >= 15 is 0 Å². The van der Waals surface area contributed by atoms with Gasteiger partial charge in [0.25, 0.3) is 0 Å². The van der Waals surface area contributed by atoms with E-state index in [0.29, 0.717) is 32.4 Å². The average molecular weight is 394 g/mol. The summed E-state index contributed by atoms with van der Waals surface area (Å²) in [5, 5.41) is 7.01. The van der Waals surface area contributed by atoms with Crippen molar-refractivity contribution in [3.05, 3.63) is 65.1 Å². The largest absolute Gasteiger partial charge is 0.464 e. The summed E-state index contributed by atoms with van der Waals surface area (Å²) in [6.07, 6.45) is 3.46. The van der Waals surface area contributed by atoms with Gasteiger partial charge in [0, 0.05) is 30.3 Å². The fourth-order valence-electron chi connectivity index (χ4n) is 3.51. The lowest BCUT2D eigenvalue weighted by atomic mass is 9.95. The number of thiophene rings is 1. The third kappa shape index (κ3) is 4.34. The molecule has 1 aromatic carbocycles. The van der Waals surface area contributed by atoms with E-state index in [1.54, 1.807) is 17.6 Å². The van der Waals surface area contributed by atoms with E-state index in [4.69, 9.17) is 4.42 Å². The van der Waals surface area contributed by atoms with Gasteiger partial charge in [-0.1, -0.05) is 12.1 Å². The number of carbonyl (C=O) groups excluding carboxylic acids is 2. The summed E-state index contributed by atoms with van der Waals surface area (Å²) < 4.78 is 5.42. The Bertz CT molecular complexity index is 927. The highest BCUT2D eigenvalue weighted by atomic mass is 32.1. The molecular formula is C22H22N2O3S. The Morgan fingerprint density at radius 2 is 2.00 bits per heavy atom. The number of carbonyl (C=O) groups is 2. The first-order valence-corrected chi connectivity index (χ1v) is 10.4. The third-order valence-corrected chi connectivity index (χ3v) is 5.82. The number of likely N-dealkylation sites (tertiary alicyclic amines) is 1. The summed E-state index contributed by atoms with van der Waals surface area (Å²) in [6, 6.07) is 13.4. The Balaban J connectivity index is 1.31. The molecule has 144 valence electrons. The average Bonchev–Trinajstić information content (AvgIpc) is 3.42. The molecule has 0 aliphatic carbocycles. The minimum Gasteiger partial charge on any atom is -0.464 e. The van der Waals surface area contributed by atoms with E-state index in [9.17, 15) is 9.59 Å². The van der Waals surface area contributed by atoms with Crippen molar-refractivity contribution in [3.8, 4) is 11.3 Å². The maximum Gasteiger partial charge on any atom is 0.227 e. The van der Waals surface area contributed by atoms with Gasteiger partial charge in [0.1, 0.15) is 5.76 Å². The van der Waals surface area contributed by atoms with Crippen molar-refractivity contribution in [2.24, 2.45) is 5.92 Å². The molecule has 0 saturated carbocycles.